The smallest absolute Gasteiger partial charge is 0.146 e. The molecule has 19 heavy (non-hydrogen) atoms. The molecule has 0 fully saturated rings. The molecule has 0 atom stereocenters. The van der Waals surface area contributed by atoms with Crippen LogP contribution in [0.4, 0.5) is 10.1 Å². The average molecular weight is 280 g/mol. The van der Waals surface area contributed by atoms with Gasteiger partial charge in [-0.2, -0.15) is 0 Å². The maximum Gasteiger partial charge on any atom is 0.146 e. The lowest BCUT2D eigenvalue weighted by atomic mass is 10.2. The van der Waals surface area contributed by atoms with E-state index in [4.69, 9.17) is 11.6 Å². The zero-order chi connectivity index (χ0) is 13.8. The summed E-state index contributed by atoms with van der Waals surface area (Å²) in [7, 11) is 0. The zero-order valence-corrected chi connectivity index (χ0v) is 11.4. The van der Waals surface area contributed by atoms with Crippen molar-refractivity contribution in [3.63, 3.8) is 0 Å². The van der Waals surface area contributed by atoms with Crippen LogP contribution >= 0.6 is 11.6 Å². The van der Waals surface area contributed by atoms with Crippen molar-refractivity contribution in [2.45, 2.75) is 13.5 Å². The summed E-state index contributed by atoms with van der Waals surface area (Å²) in [5.41, 5.74) is 1.49. The van der Waals surface area contributed by atoms with E-state index in [0.29, 0.717) is 23.8 Å². The maximum absolute atomic E-state index is 13.8. The van der Waals surface area contributed by atoms with Crippen molar-refractivity contribution < 1.29 is 9.50 Å². The van der Waals surface area contributed by atoms with Crippen molar-refractivity contribution in [1.29, 1.82) is 0 Å². The van der Waals surface area contributed by atoms with Gasteiger partial charge in [0.2, 0.25) is 0 Å². The molecule has 0 unspecified atom stereocenters. The summed E-state index contributed by atoms with van der Waals surface area (Å²) in [5.74, 6) is -0.186. The fourth-order valence-corrected chi connectivity index (χ4v) is 2.15. The van der Waals surface area contributed by atoms with Crippen molar-refractivity contribution in [2.24, 2.45) is 0 Å². The lowest BCUT2D eigenvalue weighted by Gasteiger charge is -2.23. The second-order valence-corrected chi connectivity index (χ2v) is 4.66. The van der Waals surface area contributed by atoms with E-state index in [1.807, 2.05) is 17.9 Å². The van der Waals surface area contributed by atoms with E-state index in [-0.39, 0.29) is 11.6 Å². The van der Waals surface area contributed by atoms with Crippen LogP contribution in [-0.2, 0) is 6.54 Å². The molecule has 2 aromatic rings. The number of para-hydroxylation sites is 1. The molecule has 0 aromatic heterocycles. The van der Waals surface area contributed by atoms with Gasteiger partial charge in [-0.3, -0.25) is 0 Å². The van der Waals surface area contributed by atoms with Crippen LogP contribution in [0.2, 0.25) is 5.02 Å². The molecule has 0 heterocycles. The molecule has 0 radical (unpaired) electrons. The van der Waals surface area contributed by atoms with Crippen LogP contribution in [0.25, 0.3) is 0 Å². The predicted octanol–water partition coefficient (Wildman–Crippen LogP) is 4.21. The highest BCUT2D eigenvalue weighted by Gasteiger charge is 2.10. The number of benzene rings is 2. The Labute approximate surface area is 117 Å². The molecule has 2 rings (SSSR count). The van der Waals surface area contributed by atoms with Crippen molar-refractivity contribution in [3.8, 4) is 5.75 Å². The van der Waals surface area contributed by atoms with Crippen molar-refractivity contribution in [3.05, 3.63) is 58.9 Å². The van der Waals surface area contributed by atoms with Gasteiger partial charge in [0, 0.05) is 13.1 Å². The van der Waals surface area contributed by atoms with E-state index in [1.165, 1.54) is 6.07 Å². The Bertz CT molecular complexity index is 574. The predicted molar refractivity (Wildman–Crippen MR) is 76.2 cm³/mol. The first-order valence-corrected chi connectivity index (χ1v) is 6.46. The van der Waals surface area contributed by atoms with Crippen molar-refractivity contribution in [1.82, 2.24) is 0 Å². The number of phenols is 1. The largest absolute Gasteiger partial charge is 0.506 e. The Morgan fingerprint density at radius 1 is 1.21 bits per heavy atom. The Hall–Kier alpha value is -1.74. The molecule has 0 aliphatic heterocycles. The first kappa shape index (κ1) is 13.7. The number of hydrogen-bond donors (Lipinski definition) is 1. The van der Waals surface area contributed by atoms with Gasteiger partial charge in [-0.05, 0) is 36.8 Å². The molecule has 0 aliphatic carbocycles. The molecule has 0 aliphatic rings. The number of halogens is 2. The molecule has 0 bridgehead atoms. The average Bonchev–Trinajstić information content (AvgIpc) is 2.41. The Balaban J connectivity index is 2.24. The molecule has 0 saturated heterocycles. The van der Waals surface area contributed by atoms with Crippen LogP contribution in [0.3, 0.4) is 0 Å². The van der Waals surface area contributed by atoms with Crippen LogP contribution in [0.1, 0.15) is 12.5 Å². The van der Waals surface area contributed by atoms with E-state index in [9.17, 15) is 9.50 Å². The van der Waals surface area contributed by atoms with Gasteiger partial charge in [-0.15, -0.1) is 0 Å². The third kappa shape index (κ3) is 3.18. The maximum atomic E-state index is 13.8. The van der Waals surface area contributed by atoms with Crippen LogP contribution in [0.15, 0.2) is 42.5 Å². The van der Waals surface area contributed by atoms with Gasteiger partial charge in [0.1, 0.15) is 11.6 Å². The van der Waals surface area contributed by atoms with Gasteiger partial charge in [0.05, 0.1) is 10.7 Å². The number of phenolic OH excluding ortho intramolecular Hbond substituents is 1. The molecule has 0 saturated carbocycles. The fourth-order valence-electron chi connectivity index (χ4n) is 1.94. The highest BCUT2D eigenvalue weighted by Crippen LogP contribution is 2.26. The molecule has 100 valence electrons. The van der Waals surface area contributed by atoms with Crippen LogP contribution in [-0.4, -0.2) is 11.7 Å². The van der Waals surface area contributed by atoms with Gasteiger partial charge < -0.3 is 10.0 Å². The standard InChI is InChI=1S/C15H15ClFNO/c1-2-18(14-6-4-3-5-13(14)17)10-11-7-8-15(19)12(16)9-11/h3-9,19H,2,10H2,1H3. The molecule has 0 spiro atoms. The Morgan fingerprint density at radius 2 is 1.95 bits per heavy atom. The third-order valence-electron chi connectivity index (χ3n) is 2.96. The summed E-state index contributed by atoms with van der Waals surface area (Å²) in [4.78, 5) is 1.91. The van der Waals surface area contributed by atoms with Gasteiger partial charge in [-0.1, -0.05) is 29.8 Å². The first-order valence-electron chi connectivity index (χ1n) is 6.08. The summed E-state index contributed by atoms with van der Waals surface area (Å²) in [6.07, 6.45) is 0. The summed E-state index contributed by atoms with van der Waals surface area (Å²) in [6.45, 7) is 3.19. The molecule has 4 heteroatoms. The second-order valence-electron chi connectivity index (χ2n) is 4.25. The number of anilines is 1. The molecular formula is C15H15ClFNO. The lowest BCUT2D eigenvalue weighted by Crippen LogP contribution is -2.22. The summed E-state index contributed by atoms with van der Waals surface area (Å²) >= 11 is 5.88. The summed E-state index contributed by atoms with van der Waals surface area (Å²) < 4.78 is 13.8. The minimum Gasteiger partial charge on any atom is -0.506 e. The fraction of sp³-hybridized carbons (Fsp3) is 0.200. The van der Waals surface area contributed by atoms with Gasteiger partial charge >= 0.3 is 0 Å². The SMILES string of the molecule is CCN(Cc1ccc(O)c(Cl)c1)c1ccccc1F. The number of nitrogens with zero attached hydrogens (tertiary/aromatic N) is 1. The Morgan fingerprint density at radius 3 is 2.58 bits per heavy atom. The number of rotatable bonds is 4. The minimum absolute atomic E-state index is 0.0550. The summed E-state index contributed by atoms with van der Waals surface area (Å²) in [6, 6.07) is 11.7. The highest BCUT2D eigenvalue weighted by atomic mass is 35.5. The van der Waals surface area contributed by atoms with Crippen LogP contribution in [0, 0.1) is 5.82 Å². The molecule has 2 nitrogen and oxygen atoms in total. The molecular weight excluding hydrogens is 265 g/mol. The van der Waals surface area contributed by atoms with Gasteiger partial charge in [-0.25, -0.2) is 4.39 Å². The summed E-state index contributed by atoms with van der Waals surface area (Å²) in [5, 5.41) is 9.70. The van der Waals surface area contributed by atoms with Crippen molar-refractivity contribution >= 4 is 17.3 Å². The monoisotopic (exact) mass is 279 g/mol. The van der Waals surface area contributed by atoms with Crippen molar-refractivity contribution in [2.75, 3.05) is 11.4 Å². The number of aromatic hydroxyl groups is 1. The first-order chi connectivity index (χ1) is 9.11. The lowest BCUT2D eigenvalue weighted by molar-refractivity contribution is 0.475. The minimum atomic E-state index is -0.241. The van der Waals surface area contributed by atoms with E-state index < -0.39 is 0 Å². The normalized spacial score (nSPS) is 10.5. The van der Waals surface area contributed by atoms with E-state index >= 15 is 0 Å². The Kier molecular flexibility index (Phi) is 4.27. The van der Waals surface area contributed by atoms with Crippen LogP contribution in [0.5, 0.6) is 5.75 Å². The van der Waals surface area contributed by atoms with Crippen LogP contribution < -0.4 is 4.90 Å². The van der Waals surface area contributed by atoms with E-state index in [1.54, 1.807) is 30.3 Å². The highest BCUT2D eigenvalue weighted by molar-refractivity contribution is 6.32. The molecule has 1 N–H and O–H groups in total. The molecule has 2 aromatic carbocycles. The second kappa shape index (κ2) is 5.93. The third-order valence-corrected chi connectivity index (χ3v) is 3.26. The number of hydrogen-bond acceptors (Lipinski definition) is 2. The van der Waals surface area contributed by atoms with Gasteiger partial charge in [0.25, 0.3) is 0 Å². The van der Waals surface area contributed by atoms with E-state index in [2.05, 4.69) is 0 Å². The zero-order valence-electron chi connectivity index (χ0n) is 10.6. The topological polar surface area (TPSA) is 23.5 Å². The van der Waals surface area contributed by atoms with Gasteiger partial charge in [0.15, 0.2) is 0 Å². The molecule has 0 amide bonds. The quantitative estimate of drug-likeness (QED) is 0.906. The van der Waals surface area contributed by atoms with E-state index in [0.717, 1.165) is 5.56 Å².